The van der Waals surface area contributed by atoms with Gasteiger partial charge in [-0.25, -0.2) is 0 Å². The molecule has 0 bridgehead atoms. The molecule has 2 heteroatoms. The van der Waals surface area contributed by atoms with E-state index in [4.69, 9.17) is 0 Å². The second-order valence-electron chi connectivity index (χ2n) is 6.28. The molecule has 0 amide bonds. The normalized spacial score (nSPS) is 26.8. The Balaban J connectivity index is 1.88. The zero-order valence-electron chi connectivity index (χ0n) is 12.3. The van der Waals surface area contributed by atoms with Crippen LogP contribution in [0.25, 0.3) is 0 Å². The second-order valence-corrected chi connectivity index (χ2v) is 6.28. The fourth-order valence-corrected chi connectivity index (χ4v) is 3.89. The van der Waals surface area contributed by atoms with E-state index in [0.29, 0.717) is 0 Å². The highest BCUT2D eigenvalue weighted by Gasteiger charge is 2.27. The molecule has 1 aromatic rings. The molecule has 2 unspecified atom stereocenters. The number of rotatable bonds is 2. The van der Waals surface area contributed by atoms with Gasteiger partial charge in [0.2, 0.25) is 0 Å². The summed E-state index contributed by atoms with van der Waals surface area (Å²) in [6.07, 6.45) is 6.75. The topological polar surface area (TPSA) is 15.3 Å². The van der Waals surface area contributed by atoms with Gasteiger partial charge in [0.1, 0.15) is 0 Å². The Morgan fingerprint density at radius 1 is 1.21 bits per heavy atom. The lowest BCUT2D eigenvalue weighted by Gasteiger charge is -2.39. The summed E-state index contributed by atoms with van der Waals surface area (Å²) < 4.78 is 0. The minimum atomic E-state index is 0.732. The average molecular weight is 258 g/mol. The van der Waals surface area contributed by atoms with Gasteiger partial charge in [0.05, 0.1) is 0 Å². The van der Waals surface area contributed by atoms with Crippen molar-refractivity contribution in [3.05, 3.63) is 29.3 Å². The van der Waals surface area contributed by atoms with Gasteiger partial charge in [-0.2, -0.15) is 0 Å². The van der Waals surface area contributed by atoms with E-state index in [1.54, 1.807) is 5.56 Å². The molecule has 1 heterocycles. The van der Waals surface area contributed by atoms with E-state index in [9.17, 15) is 0 Å². The van der Waals surface area contributed by atoms with Crippen LogP contribution >= 0.6 is 0 Å². The molecule has 104 valence electrons. The summed E-state index contributed by atoms with van der Waals surface area (Å²) in [4.78, 5) is 2.58. The van der Waals surface area contributed by atoms with Crippen LogP contribution in [0.4, 0.5) is 5.69 Å². The molecule has 0 radical (unpaired) electrons. The molecule has 2 atom stereocenters. The van der Waals surface area contributed by atoms with Gasteiger partial charge in [-0.05, 0) is 48.9 Å². The first kappa shape index (κ1) is 13.0. The van der Waals surface area contributed by atoms with Gasteiger partial charge < -0.3 is 10.2 Å². The van der Waals surface area contributed by atoms with E-state index in [1.807, 2.05) is 0 Å². The van der Waals surface area contributed by atoms with Gasteiger partial charge >= 0.3 is 0 Å². The monoisotopic (exact) mass is 258 g/mol. The molecule has 19 heavy (non-hydrogen) atoms. The van der Waals surface area contributed by atoms with Crippen LogP contribution in [0.5, 0.6) is 0 Å². The van der Waals surface area contributed by atoms with Crippen molar-refractivity contribution in [3.8, 4) is 0 Å². The van der Waals surface area contributed by atoms with Crippen LogP contribution < -0.4 is 10.2 Å². The number of benzene rings is 1. The third kappa shape index (κ3) is 2.51. The zero-order valence-corrected chi connectivity index (χ0v) is 12.3. The molecule has 3 rings (SSSR count). The van der Waals surface area contributed by atoms with Crippen molar-refractivity contribution in [3.63, 3.8) is 0 Å². The Bertz CT molecular complexity index is 441. The lowest BCUT2D eigenvalue weighted by Crippen LogP contribution is -2.40. The maximum atomic E-state index is 3.48. The van der Waals surface area contributed by atoms with Crippen LogP contribution in [0.2, 0.25) is 0 Å². The minimum absolute atomic E-state index is 0.732. The average Bonchev–Trinajstić information content (AvgIpc) is 2.46. The molecule has 1 aliphatic carbocycles. The second kappa shape index (κ2) is 5.54. The third-order valence-electron chi connectivity index (χ3n) is 5.06. The number of hydrogen-bond acceptors (Lipinski definition) is 2. The first-order valence-corrected chi connectivity index (χ1v) is 7.81. The summed E-state index contributed by atoms with van der Waals surface area (Å²) in [5, 5.41) is 3.48. The Morgan fingerprint density at radius 2 is 2.05 bits per heavy atom. The van der Waals surface area contributed by atoms with Crippen LogP contribution in [0, 0.1) is 5.92 Å². The molecule has 2 nitrogen and oxygen atoms in total. The van der Waals surface area contributed by atoms with Crippen molar-refractivity contribution >= 4 is 5.69 Å². The minimum Gasteiger partial charge on any atom is -0.371 e. The van der Waals surface area contributed by atoms with E-state index in [-0.39, 0.29) is 0 Å². The van der Waals surface area contributed by atoms with Gasteiger partial charge in [-0.1, -0.05) is 31.9 Å². The van der Waals surface area contributed by atoms with E-state index >= 15 is 0 Å². The highest BCUT2D eigenvalue weighted by molar-refractivity contribution is 5.58. The molecule has 1 saturated carbocycles. The third-order valence-corrected chi connectivity index (χ3v) is 5.06. The summed E-state index contributed by atoms with van der Waals surface area (Å²) >= 11 is 0. The highest BCUT2D eigenvalue weighted by Crippen LogP contribution is 2.33. The van der Waals surface area contributed by atoms with Crippen LogP contribution in [-0.2, 0) is 13.0 Å². The predicted molar refractivity (Wildman–Crippen MR) is 81.7 cm³/mol. The van der Waals surface area contributed by atoms with Gasteiger partial charge in [0, 0.05) is 25.3 Å². The molecule has 1 aliphatic heterocycles. The van der Waals surface area contributed by atoms with Gasteiger partial charge in [0.15, 0.2) is 0 Å². The van der Waals surface area contributed by atoms with Crippen molar-refractivity contribution in [2.45, 2.75) is 51.6 Å². The molecule has 1 fully saturated rings. The number of anilines is 1. The van der Waals surface area contributed by atoms with Crippen molar-refractivity contribution < 1.29 is 0 Å². The molecule has 2 aliphatic rings. The van der Waals surface area contributed by atoms with E-state index in [1.165, 1.54) is 43.4 Å². The SMILES string of the molecule is CC1CCCCC1N(C)c1cccc2c1CCNC2. The van der Waals surface area contributed by atoms with Crippen LogP contribution in [0.1, 0.15) is 43.7 Å². The van der Waals surface area contributed by atoms with Crippen LogP contribution in [0.15, 0.2) is 18.2 Å². The van der Waals surface area contributed by atoms with Crippen LogP contribution in [-0.4, -0.2) is 19.6 Å². The Labute approximate surface area is 117 Å². The summed E-state index contributed by atoms with van der Waals surface area (Å²) in [5.74, 6) is 0.830. The largest absolute Gasteiger partial charge is 0.371 e. The van der Waals surface area contributed by atoms with E-state index in [2.05, 4.69) is 42.4 Å². The lowest BCUT2D eigenvalue weighted by molar-refractivity contribution is 0.321. The molecule has 0 spiro atoms. The Morgan fingerprint density at radius 3 is 2.89 bits per heavy atom. The summed E-state index contributed by atoms with van der Waals surface area (Å²) in [5.41, 5.74) is 4.57. The fourth-order valence-electron chi connectivity index (χ4n) is 3.89. The zero-order chi connectivity index (χ0) is 13.2. The quantitative estimate of drug-likeness (QED) is 0.875. The molecule has 1 aromatic carbocycles. The van der Waals surface area contributed by atoms with Gasteiger partial charge in [0.25, 0.3) is 0 Å². The first-order chi connectivity index (χ1) is 9.27. The fraction of sp³-hybridized carbons (Fsp3) is 0.647. The molecular formula is C17H26N2. The molecule has 1 N–H and O–H groups in total. The maximum Gasteiger partial charge on any atom is 0.0402 e. The van der Waals surface area contributed by atoms with E-state index < -0.39 is 0 Å². The van der Waals surface area contributed by atoms with Crippen molar-refractivity contribution in [2.24, 2.45) is 5.92 Å². The molecule has 0 aromatic heterocycles. The van der Waals surface area contributed by atoms with Crippen LogP contribution in [0.3, 0.4) is 0 Å². The first-order valence-electron chi connectivity index (χ1n) is 7.81. The number of hydrogen-bond donors (Lipinski definition) is 1. The number of nitrogens with one attached hydrogen (secondary N) is 1. The highest BCUT2D eigenvalue weighted by atomic mass is 15.1. The van der Waals surface area contributed by atoms with Crippen molar-refractivity contribution in [2.75, 3.05) is 18.5 Å². The number of fused-ring (bicyclic) bond motifs is 1. The maximum absolute atomic E-state index is 3.48. The van der Waals surface area contributed by atoms with Crippen molar-refractivity contribution in [1.29, 1.82) is 0 Å². The smallest absolute Gasteiger partial charge is 0.0402 e. The molecule has 0 saturated heterocycles. The summed E-state index contributed by atoms with van der Waals surface area (Å²) in [6.45, 7) is 4.59. The van der Waals surface area contributed by atoms with Gasteiger partial charge in [-0.15, -0.1) is 0 Å². The molecular weight excluding hydrogens is 232 g/mol. The summed E-state index contributed by atoms with van der Waals surface area (Å²) in [7, 11) is 2.31. The van der Waals surface area contributed by atoms with Gasteiger partial charge in [-0.3, -0.25) is 0 Å². The Hall–Kier alpha value is -1.02. The van der Waals surface area contributed by atoms with E-state index in [0.717, 1.165) is 25.0 Å². The predicted octanol–water partition coefficient (Wildman–Crippen LogP) is 3.35. The standard InChI is InChI=1S/C17H26N2/c1-13-6-3-4-8-16(13)19(2)17-9-5-7-14-12-18-11-10-15(14)17/h5,7,9,13,16,18H,3-4,6,8,10-12H2,1-2H3. The Kier molecular flexibility index (Phi) is 3.79. The lowest BCUT2D eigenvalue weighted by atomic mass is 9.84. The summed E-state index contributed by atoms with van der Waals surface area (Å²) in [6, 6.07) is 7.56. The number of nitrogens with zero attached hydrogens (tertiary/aromatic N) is 1. The van der Waals surface area contributed by atoms with Crippen molar-refractivity contribution in [1.82, 2.24) is 5.32 Å².